The number of hydrogen-bond donors (Lipinski definition) is 2. The fourth-order valence-corrected chi connectivity index (χ4v) is 2.09. The minimum atomic E-state index is -0.825. The highest BCUT2D eigenvalue weighted by molar-refractivity contribution is 5.69. The van der Waals surface area contributed by atoms with Crippen molar-refractivity contribution in [2.24, 2.45) is 5.73 Å². The average molecular weight is 249 g/mol. The van der Waals surface area contributed by atoms with Crippen molar-refractivity contribution < 1.29 is 9.90 Å². The van der Waals surface area contributed by atoms with E-state index < -0.39 is 16.9 Å². The van der Waals surface area contributed by atoms with Crippen molar-refractivity contribution in [3.8, 4) is 0 Å². The van der Waals surface area contributed by atoms with Gasteiger partial charge in [0.2, 0.25) is 0 Å². The lowest BCUT2D eigenvalue weighted by Gasteiger charge is -2.41. The smallest absolute Gasteiger partial charge is 0.304 e. The Bertz CT molecular complexity index is 460. The van der Waals surface area contributed by atoms with Crippen molar-refractivity contribution in [2.75, 3.05) is 0 Å². The van der Waals surface area contributed by atoms with E-state index in [9.17, 15) is 4.79 Å². The summed E-state index contributed by atoms with van der Waals surface area (Å²) in [6.07, 6.45) is 0.0268. The van der Waals surface area contributed by atoms with E-state index in [1.165, 1.54) is 5.56 Å². The molecule has 0 aromatic heterocycles. The standard InChI is InChI=1S/C15H23NO2/c1-10-6-7-12(8-11(10)2)15(5,9-13(17)18)14(3,4)16/h6-8H,9,16H2,1-5H3,(H,17,18). The lowest BCUT2D eigenvalue weighted by Crippen LogP contribution is -2.53. The highest BCUT2D eigenvalue weighted by Gasteiger charge is 2.41. The van der Waals surface area contributed by atoms with Gasteiger partial charge in [-0.2, -0.15) is 0 Å². The predicted octanol–water partition coefficient (Wildman–Crippen LogP) is 2.77. The molecule has 1 unspecified atom stereocenters. The zero-order valence-electron chi connectivity index (χ0n) is 11.9. The van der Waals surface area contributed by atoms with Gasteiger partial charge in [-0.3, -0.25) is 4.79 Å². The number of rotatable bonds is 4. The van der Waals surface area contributed by atoms with E-state index in [1.807, 2.05) is 52.8 Å². The van der Waals surface area contributed by atoms with Crippen LogP contribution >= 0.6 is 0 Å². The van der Waals surface area contributed by atoms with Crippen LogP contribution in [0.1, 0.15) is 43.9 Å². The average Bonchev–Trinajstić information content (AvgIpc) is 2.19. The number of aryl methyl sites for hydroxylation is 2. The highest BCUT2D eigenvalue weighted by atomic mass is 16.4. The topological polar surface area (TPSA) is 63.3 Å². The summed E-state index contributed by atoms with van der Waals surface area (Å²) in [5.74, 6) is -0.825. The number of hydrogen-bond acceptors (Lipinski definition) is 2. The fraction of sp³-hybridized carbons (Fsp3) is 0.533. The number of benzene rings is 1. The molecule has 100 valence electrons. The van der Waals surface area contributed by atoms with Gasteiger partial charge in [0.1, 0.15) is 0 Å². The van der Waals surface area contributed by atoms with Crippen molar-refractivity contribution in [3.63, 3.8) is 0 Å². The second-order valence-corrected chi connectivity index (χ2v) is 5.92. The van der Waals surface area contributed by atoms with Gasteiger partial charge in [0.25, 0.3) is 0 Å². The van der Waals surface area contributed by atoms with Gasteiger partial charge in [0.15, 0.2) is 0 Å². The maximum absolute atomic E-state index is 11.1. The summed E-state index contributed by atoms with van der Waals surface area (Å²) in [5, 5.41) is 9.14. The molecule has 1 aromatic carbocycles. The Balaban J connectivity index is 3.34. The molecule has 0 aliphatic rings. The van der Waals surface area contributed by atoms with Gasteiger partial charge in [-0.05, 0) is 44.4 Å². The van der Waals surface area contributed by atoms with Crippen molar-refractivity contribution in [1.82, 2.24) is 0 Å². The first-order valence-electron chi connectivity index (χ1n) is 6.16. The van der Waals surface area contributed by atoms with Crippen molar-refractivity contribution >= 4 is 5.97 Å². The second-order valence-electron chi connectivity index (χ2n) is 5.92. The first kappa shape index (κ1) is 14.7. The third kappa shape index (κ3) is 2.72. The molecule has 0 aliphatic carbocycles. The zero-order chi connectivity index (χ0) is 14.1. The summed E-state index contributed by atoms with van der Waals surface area (Å²) in [6, 6.07) is 6.06. The highest BCUT2D eigenvalue weighted by Crippen LogP contribution is 2.37. The third-order valence-corrected chi connectivity index (χ3v) is 4.07. The summed E-state index contributed by atoms with van der Waals surface area (Å²) in [7, 11) is 0. The van der Waals surface area contributed by atoms with E-state index >= 15 is 0 Å². The van der Waals surface area contributed by atoms with E-state index in [2.05, 4.69) is 0 Å². The third-order valence-electron chi connectivity index (χ3n) is 4.07. The minimum Gasteiger partial charge on any atom is -0.481 e. The summed E-state index contributed by atoms with van der Waals surface area (Å²) in [5.41, 5.74) is 8.38. The quantitative estimate of drug-likeness (QED) is 0.862. The molecule has 0 saturated carbocycles. The molecule has 0 amide bonds. The molecular weight excluding hydrogens is 226 g/mol. The Hall–Kier alpha value is -1.35. The van der Waals surface area contributed by atoms with Crippen LogP contribution in [0.15, 0.2) is 18.2 Å². The maximum Gasteiger partial charge on any atom is 0.304 e. The second kappa shape index (κ2) is 4.73. The Morgan fingerprint density at radius 2 is 1.78 bits per heavy atom. The first-order valence-corrected chi connectivity index (χ1v) is 6.16. The summed E-state index contributed by atoms with van der Waals surface area (Å²) >= 11 is 0. The SMILES string of the molecule is Cc1ccc(C(C)(CC(=O)O)C(C)(C)N)cc1C. The van der Waals surface area contributed by atoms with Crippen LogP contribution in [0, 0.1) is 13.8 Å². The number of carboxylic acids is 1. The van der Waals surface area contributed by atoms with Crippen LogP contribution < -0.4 is 5.73 Å². The molecule has 1 aromatic rings. The van der Waals surface area contributed by atoms with E-state index in [4.69, 9.17) is 10.8 Å². The van der Waals surface area contributed by atoms with Crippen molar-refractivity contribution in [3.05, 3.63) is 34.9 Å². The number of carboxylic acid groups (broad SMARTS) is 1. The Labute approximate surface area is 109 Å². The van der Waals surface area contributed by atoms with E-state index in [-0.39, 0.29) is 6.42 Å². The van der Waals surface area contributed by atoms with Gasteiger partial charge in [-0.25, -0.2) is 0 Å². The molecule has 1 rings (SSSR count). The van der Waals surface area contributed by atoms with E-state index in [0.29, 0.717) is 0 Å². The predicted molar refractivity (Wildman–Crippen MR) is 73.8 cm³/mol. The van der Waals surface area contributed by atoms with Crippen LogP contribution in [0.25, 0.3) is 0 Å². The molecule has 3 heteroatoms. The van der Waals surface area contributed by atoms with Gasteiger partial charge < -0.3 is 10.8 Å². The van der Waals surface area contributed by atoms with Crippen molar-refractivity contribution in [2.45, 2.75) is 52.0 Å². The molecular formula is C15H23NO2. The Morgan fingerprint density at radius 1 is 1.22 bits per heavy atom. The molecule has 0 aliphatic heterocycles. The van der Waals surface area contributed by atoms with Crippen LogP contribution in [0.2, 0.25) is 0 Å². The molecule has 1 atom stereocenters. The fourth-order valence-electron chi connectivity index (χ4n) is 2.09. The van der Waals surface area contributed by atoms with Crippen LogP contribution in [0.4, 0.5) is 0 Å². The Morgan fingerprint density at radius 3 is 2.17 bits per heavy atom. The van der Waals surface area contributed by atoms with Crippen LogP contribution in [0.3, 0.4) is 0 Å². The molecule has 0 heterocycles. The molecule has 0 bridgehead atoms. The maximum atomic E-state index is 11.1. The van der Waals surface area contributed by atoms with Crippen LogP contribution in [0.5, 0.6) is 0 Å². The van der Waals surface area contributed by atoms with E-state index in [1.54, 1.807) is 0 Å². The number of aliphatic carboxylic acids is 1. The summed E-state index contributed by atoms with van der Waals surface area (Å²) < 4.78 is 0. The van der Waals surface area contributed by atoms with Gasteiger partial charge >= 0.3 is 5.97 Å². The monoisotopic (exact) mass is 249 g/mol. The molecule has 0 radical (unpaired) electrons. The Kier molecular flexibility index (Phi) is 3.86. The molecule has 3 nitrogen and oxygen atoms in total. The molecule has 0 saturated heterocycles. The number of nitrogens with two attached hydrogens (primary N) is 1. The van der Waals surface area contributed by atoms with Gasteiger partial charge in [-0.15, -0.1) is 0 Å². The van der Waals surface area contributed by atoms with Crippen LogP contribution in [-0.4, -0.2) is 16.6 Å². The van der Waals surface area contributed by atoms with Gasteiger partial charge in [0.05, 0.1) is 6.42 Å². The largest absolute Gasteiger partial charge is 0.481 e. The number of carbonyl (C=O) groups is 1. The normalized spacial score (nSPS) is 15.2. The summed E-state index contributed by atoms with van der Waals surface area (Å²) in [6.45, 7) is 9.76. The minimum absolute atomic E-state index is 0.0268. The van der Waals surface area contributed by atoms with E-state index in [0.717, 1.165) is 11.1 Å². The lowest BCUT2D eigenvalue weighted by atomic mass is 9.66. The van der Waals surface area contributed by atoms with Crippen molar-refractivity contribution in [1.29, 1.82) is 0 Å². The summed E-state index contributed by atoms with van der Waals surface area (Å²) in [4.78, 5) is 11.1. The van der Waals surface area contributed by atoms with Gasteiger partial charge in [-0.1, -0.05) is 25.1 Å². The van der Waals surface area contributed by atoms with Gasteiger partial charge in [0, 0.05) is 11.0 Å². The zero-order valence-corrected chi connectivity index (χ0v) is 11.9. The van der Waals surface area contributed by atoms with Crippen LogP contribution in [-0.2, 0) is 10.2 Å². The first-order chi connectivity index (χ1) is 8.08. The molecule has 3 N–H and O–H groups in total. The molecule has 0 fully saturated rings. The lowest BCUT2D eigenvalue weighted by molar-refractivity contribution is -0.139. The molecule has 0 spiro atoms. The molecule has 18 heavy (non-hydrogen) atoms.